The predicted octanol–water partition coefficient (Wildman–Crippen LogP) is 6.03. The first kappa shape index (κ1) is 19.8. The molecule has 4 aliphatic rings. The molecule has 2 aromatic carbocycles. The highest BCUT2D eigenvalue weighted by Crippen LogP contribution is 2.55. The van der Waals surface area contributed by atoms with Crippen LogP contribution in [0.3, 0.4) is 0 Å². The summed E-state index contributed by atoms with van der Waals surface area (Å²) in [5, 5.41) is 3.47. The normalized spacial score (nSPS) is 28.1. The molecule has 1 N–H and O–H groups in total. The third kappa shape index (κ3) is 3.76. The molecule has 0 unspecified atom stereocenters. The summed E-state index contributed by atoms with van der Waals surface area (Å²) in [5.41, 5.74) is 2.93. The number of hydrogen-bond acceptors (Lipinski definition) is 3. The Hall–Kier alpha value is -2.88. The van der Waals surface area contributed by atoms with E-state index in [1.807, 2.05) is 60.7 Å². The molecule has 1 amide bonds. The molecule has 4 nitrogen and oxygen atoms in total. The first-order valence-corrected chi connectivity index (χ1v) is 12.1. The van der Waals surface area contributed by atoms with E-state index in [9.17, 15) is 4.79 Å². The fourth-order valence-electron chi connectivity index (χ4n) is 6.89. The largest absolute Gasteiger partial charge is 0.440 e. The number of hydrogen-bond donors (Lipinski definition) is 1. The molecule has 4 aliphatic carbocycles. The Morgan fingerprint density at radius 3 is 2.03 bits per heavy atom. The Kier molecular flexibility index (Phi) is 4.89. The van der Waals surface area contributed by atoms with Gasteiger partial charge in [-0.05, 0) is 56.3 Å². The van der Waals surface area contributed by atoms with Crippen molar-refractivity contribution in [1.82, 2.24) is 10.3 Å². The maximum absolute atomic E-state index is 13.0. The lowest BCUT2D eigenvalue weighted by atomic mass is 9.53. The molecular weight excluding hydrogens is 396 g/mol. The van der Waals surface area contributed by atoms with Crippen LogP contribution in [-0.2, 0) is 11.2 Å². The summed E-state index contributed by atoms with van der Waals surface area (Å²) in [4.78, 5) is 17.8. The number of carbonyl (C=O) groups excluding carboxylic acids is 1. The van der Waals surface area contributed by atoms with E-state index in [4.69, 9.17) is 9.40 Å². The van der Waals surface area contributed by atoms with Gasteiger partial charge in [-0.25, -0.2) is 4.98 Å². The molecule has 0 aliphatic heterocycles. The zero-order valence-corrected chi connectivity index (χ0v) is 18.4. The lowest BCUT2D eigenvalue weighted by Crippen LogP contribution is -2.59. The summed E-state index contributed by atoms with van der Waals surface area (Å²) in [6, 6.07) is 20.2. The van der Waals surface area contributed by atoms with Crippen LogP contribution in [0.2, 0.25) is 0 Å². The van der Waals surface area contributed by atoms with Crippen LogP contribution in [0.15, 0.2) is 65.1 Å². The Balaban J connectivity index is 1.18. The molecule has 32 heavy (non-hydrogen) atoms. The highest BCUT2D eigenvalue weighted by atomic mass is 16.4. The quantitative estimate of drug-likeness (QED) is 0.524. The summed E-state index contributed by atoms with van der Waals surface area (Å²) < 4.78 is 6.21. The predicted molar refractivity (Wildman–Crippen MR) is 125 cm³/mol. The maximum atomic E-state index is 13.0. The van der Waals surface area contributed by atoms with Crippen molar-refractivity contribution >= 4 is 5.91 Å². The van der Waals surface area contributed by atoms with Crippen molar-refractivity contribution in [2.75, 3.05) is 0 Å². The molecule has 3 aromatic rings. The molecule has 4 fully saturated rings. The monoisotopic (exact) mass is 426 g/mol. The van der Waals surface area contributed by atoms with Crippen LogP contribution < -0.4 is 5.32 Å². The van der Waals surface area contributed by atoms with Gasteiger partial charge >= 0.3 is 0 Å². The molecule has 0 radical (unpaired) electrons. The van der Waals surface area contributed by atoms with E-state index in [0.717, 1.165) is 40.3 Å². The van der Waals surface area contributed by atoms with E-state index in [2.05, 4.69) is 5.32 Å². The summed E-state index contributed by atoms with van der Waals surface area (Å²) in [5.74, 6) is 4.03. The molecule has 0 spiro atoms. The van der Waals surface area contributed by atoms with Crippen molar-refractivity contribution in [1.29, 1.82) is 0 Å². The number of amides is 1. The Labute approximate surface area is 189 Å². The van der Waals surface area contributed by atoms with E-state index < -0.39 is 0 Å². The second kappa shape index (κ2) is 7.91. The summed E-state index contributed by atoms with van der Waals surface area (Å²) in [6.07, 6.45) is 8.64. The molecule has 4 heteroatoms. The number of aromatic nitrogens is 1. The van der Waals surface area contributed by atoms with Crippen molar-refractivity contribution in [2.45, 2.75) is 56.9 Å². The van der Waals surface area contributed by atoms with E-state index in [1.54, 1.807) is 0 Å². The number of oxazole rings is 1. The van der Waals surface area contributed by atoms with E-state index >= 15 is 0 Å². The van der Waals surface area contributed by atoms with Crippen LogP contribution in [-0.4, -0.2) is 16.4 Å². The maximum Gasteiger partial charge on any atom is 0.220 e. The van der Waals surface area contributed by atoms with Gasteiger partial charge in [-0.2, -0.15) is 0 Å². The topological polar surface area (TPSA) is 55.1 Å². The minimum atomic E-state index is 0.0623. The highest BCUT2D eigenvalue weighted by molar-refractivity contribution is 5.78. The minimum absolute atomic E-state index is 0.0623. The SMILES string of the molecule is O=C(CCc1nc(-c2ccccc2)c(-c2ccccc2)o1)NC12CC3CC(CC(C3)C1)C2. The Morgan fingerprint density at radius 1 is 0.875 bits per heavy atom. The second-order valence-electron chi connectivity index (χ2n) is 10.3. The number of aryl methyl sites for hydroxylation is 1. The van der Waals surface area contributed by atoms with Gasteiger partial charge in [0.1, 0.15) is 5.69 Å². The van der Waals surface area contributed by atoms with Crippen LogP contribution in [0, 0.1) is 17.8 Å². The van der Waals surface area contributed by atoms with Gasteiger partial charge in [0.15, 0.2) is 11.7 Å². The molecular formula is C28H30N2O2. The molecule has 164 valence electrons. The molecule has 1 heterocycles. The van der Waals surface area contributed by atoms with Gasteiger partial charge < -0.3 is 9.73 Å². The van der Waals surface area contributed by atoms with Crippen LogP contribution in [0.1, 0.15) is 50.8 Å². The first-order valence-electron chi connectivity index (χ1n) is 12.1. The van der Waals surface area contributed by atoms with E-state index in [0.29, 0.717) is 18.7 Å². The minimum Gasteiger partial charge on any atom is -0.440 e. The Morgan fingerprint density at radius 2 is 1.44 bits per heavy atom. The van der Waals surface area contributed by atoms with Gasteiger partial charge in [-0.3, -0.25) is 4.79 Å². The first-order chi connectivity index (χ1) is 15.7. The summed E-state index contributed by atoms with van der Waals surface area (Å²) >= 11 is 0. The van der Waals surface area contributed by atoms with Gasteiger partial charge in [-0.15, -0.1) is 0 Å². The van der Waals surface area contributed by atoms with Crippen LogP contribution in [0.4, 0.5) is 0 Å². The van der Waals surface area contributed by atoms with Gasteiger partial charge in [0, 0.05) is 29.5 Å². The third-order valence-electron chi connectivity index (χ3n) is 7.76. The average molecular weight is 427 g/mol. The highest BCUT2D eigenvalue weighted by Gasteiger charge is 2.51. The van der Waals surface area contributed by atoms with Gasteiger partial charge in [-0.1, -0.05) is 60.7 Å². The zero-order valence-electron chi connectivity index (χ0n) is 18.4. The standard InChI is InChI=1S/C28H30N2O2/c31-24(30-28-16-19-13-20(17-28)15-21(14-19)18-28)11-12-25-29-26(22-7-3-1-4-8-22)27(32-25)23-9-5-2-6-10-23/h1-10,19-21H,11-18H2,(H,30,31). The number of benzene rings is 2. The zero-order chi connectivity index (χ0) is 21.5. The number of carbonyl (C=O) groups is 1. The smallest absolute Gasteiger partial charge is 0.220 e. The number of nitrogens with one attached hydrogen (secondary N) is 1. The van der Waals surface area contributed by atoms with E-state index in [1.165, 1.54) is 38.5 Å². The number of nitrogens with zero attached hydrogens (tertiary/aromatic N) is 1. The fraction of sp³-hybridized carbons (Fsp3) is 0.429. The van der Waals surface area contributed by atoms with Crippen molar-refractivity contribution in [2.24, 2.45) is 17.8 Å². The van der Waals surface area contributed by atoms with Crippen molar-refractivity contribution in [3.63, 3.8) is 0 Å². The molecule has 7 rings (SSSR count). The molecule has 4 bridgehead atoms. The molecule has 0 atom stereocenters. The van der Waals surface area contributed by atoms with Gasteiger partial charge in [0.25, 0.3) is 0 Å². The molecule has 0 saturated heterocycles. The average Bonchev–Trinajstić information content (AvgIpc) is 3.22. The summed E-state index contributed by atoms with van der Waals surface area (Å²) in [6.45, 7) is 0. The number of rotatable bonds is 6. The summed E-state index contributed by atoms with van der Waals surface area (Å²) in [7, 11) is 0. The molecule has 4 saturated carbocycles. The van der Waals surface area contributed by atoms with Crippen molar-refractivity contribution in [3.05, 3.63) is 66.6 Å². The van der Waals surface area contributed by atoms with E-state index in [-0.39, 0.29) is 11.4 Å². The molecule has 1 aromatic heterocycles. The van der Waals surface area contributed by atoms with Crippen molar-refractivity contribution < 1.29 is 9.21 Å². The van der Waals surface area contributed by atoms with Crippen LogP contribution >= 0.6 is 0 Å². The van der Waals surface area contributed by atoms with Gasteiger partial charge in [0.2, 0.25) is 5.91 Å². The third-order valence-corrected chi connectivity index (χ3v) is 7.76. The second-order valence-corrected chi connectivity index (χ2v) is 10.3. The van der Waals surface area contributed by atoms with Crippen molar-refractivity contribution in [3.8, 4) is 22.6 Å². The van der Waals surface area contributed by atoms with Crippen LogP contribution in [0.25, 0.3) is 22.6 Å². The lowest BCUT2D eigenvalue weighted by molar-refractivity contribution is -0.126. The lowest BCUT2D eigenvalue weighted by Gasteiger charge is -2.56. The van der Waals surface area contributed by atoms with Gasteiger partial charge in [0.05, 0.1) is 0 Å². The van der Waals surface area contributed by atoms with Crippen LogP contribution in [0.5, 0.6) is 0 Å². The fourth-order valence-corrected chi connectivity index (χ4v) is 6.89. The Bertz CT molecular complexity index is 1010.